The Kier molecular flexibility index (Phi) is 5.16. The van der Waals surface area contributed by atoms with Crippen molar-refractivity contribution in [1.82, 2.24) is 14.5 Å². The molecular weight excluding hydrogens is 318 g/mol. The number of hydrogen-bond donors (Lipinski definition) is 0. The van der Waals surface area contributed by atoms with Crippen molar-refractivity contribution in [3.05, 3.63) is 89.0 Å². The lowest BCUT2D eigenvalue weighted by Crippen LogP contribution is -2.34. The van der Waals surface area contributed by atoms with Gasteiger partial charge >= 0.3 is 0 Å². The van der Waals surface area contributed by atoms with Gasteiger partial charge in [-0.3, -0.25) is 4.90 Å². The second-order valence-corrected chi connectivity index (χ2v) is 7.35. The molecule has 0 radical (unpaired) electrons. The lowest BCUT2D eigenvalue weighted by atomic mass is 10.1. The van der Waals surface area contributed by atoms with Crippen LogP contribution in [0.25, 0.3) is 0 Å². The van der Waals surface area contributed by atoms with E-state index in [2.05, 4.69) is 77.2 Å². The molecule has 0 amide bonds. The fourth-order valence-corrected chi connectivity index (χ4v) is 3.77. The van der Waals surface area contributed by atoms with E-state index in [0.717, 1.165) is 39.0 Å². The summed E-state index contributed by atoms with van der Waals surface area (Å²) in [7, 11) is 0. The highest BCUT2D eigenvalue weighted by Crippen LogP contribution is 2.18. The minimum atomic E-state index is 0.925. The molecule has 1 aliphatic heterocycles. The van der Waals surface area contributed by atoms with Gasteiger partial charge in [-0.2, -0.15) is 0 Å². The van der Waals surface area contributed by atoms with Gasteiger partial charge in [0.1, 0.15) is 5.82 Å². The average molecular weight is 345 g/mol. The number of fused-ring (bicyclic) bond motifs is 1. The molecular formula is C23H27N3. The van der Waals surface area contributed by atoms with Crippen molar-refractivity contribution >= 4 is 0 Å². The zero-order valence-corrected chi connectivity index (χ0v) is 15.6. The van der Waals surface area contributed by atoms with Crippen molar-refractivity contribution in [2.45, 2.75) is 39.3 Å². The van der Waals surface area contributed by atoms with Crippen molar-refractivity contribution in [3.63, 3.8) is 0 Å². The van der Waals surface area contributed by atoms with Gasteiger partial charge in [0.15, 0.2) is 0 Å². The quantitative estimate of drug-likeness (QED) is 0.666. The summed E-state index contributed by atoms with van der Waals surface area (Å²) in [5.74, 6) is 1.20. The summed E-state index contributed by atoms with van der Waals surface area (Å²) in [4.78, 5) is 7.27. The third kappa shape index (κ3) is 4.05. The summed E-state index contributed by atoms with van der Waals surface area (Å²) in [6.07, 6.45) is 5.38. The molecule has 0 saturated heterocycles. The monoisotopic (exact) mass is 345 g/mol. The number of rotatable bonds is 6. The molecule has 0 aliphatic carbocycles. The standard InChI is InChI=1S/C23H27N3/c1-19-9-11-20(12-10-19)8-5-13-25-14-15-26-22(18-25)17-24-23(26)16-21-6-3-2-4-7-21/h2-4,6-7,9-12,17H,5,8,13-16,18H2,1H3. The Morgan fingerprint density at radius 3 is 2.54 bits per heavy atom. The van der Waals surface area contributed by atoms with E-state index in [0.29, 0.717) is 0 Å². The molecule has 0 fully saturated rings. The van der Waals surface area contributed by atoms with Crippen molar-refractivity contribution in [2.24, 2.45) is 0 Å². The Morgan fingerprint density at radius 1 is 0.923 bits per heavy atom. The minimum absolute atomic E-state index is 0.925. The maximum absolute atomic E-state index is 4.70. The average Bonchev–Trinajstić information content (AvgIpc) is 3.06. The van der Waals surface area contributed by atoms with Crippen LogP contribution in [0.1, 0.15) is 34.6 Å². The Morgan fingerprint density at radius 2 is 1.73 bits per heavy atom. The number of aryl methyl sites for hydroxylation is 2. The normalized spacial score (nSPS) is 14.3. The molecule has 0 spiro atoms. The summed E-state index contributed by atoms with van der Waals surface area (Å²) in [6.45, 7) is 6.51. The molecule has 3 nitrogen and oxygen atoms in total. The number of nitrogens with zero attached hydrogens (tertiary/aromatic N) is 3. The molecule has 26 heavy (non-hydrogen) atoms. The number of aromatic nitrogens is 2. The number of hydrogen-bond acceptors (Lipinski definition) is 2. The fourth-order valence-electron chi connectivity index (χ4n) is 3.77. The lowest BCUT2D eigenvalue weighted by Gasteiger charge is -2.29. The van der Waals surface area contributed by atoms with E-state index in [4.69, 9.17) is 4.98 Å². The molecule has 3 heteroatoms. The predicted octanol–water partition coefficient (Wildman–Crippen LogP) is 4.23. The third-order valence-corrected chi connectivity index (χ3v) is 5.31. The highest BCUT2D eigenvalue weighted by molar-refractivity contribution is 5.22. The molecule has 0 saturated carbocycles. The predicted molar refractivity (Wildman–Crippen MR) is 106 cm³/mol. The second kappa shape index (κ2) is 7.88. The van der Waals surface area contributed by atoms with Crippen molar-refractivity contribution in [3.8, 4) is 0 Å². The van der Waals surface area contributed by atoms with Crippen LogP contribution in [-0.4, -0.2) is 27.5 Å². The van der Waals surface area contributed by atoms with Crippen LogP contribution < -0.4 is 0 Å². The van der Waals surface area contributed by atoms with Gasteiger partial charge < -0.3 is 4.57 Å². The van der Waals surface area contributed by atoms with E-state index >= 15 is 0 Å². The molecule has 0 N–H and O–H groups in total. The number of benzene rings is 2. The van der Waals surface area contributed by atoms with Gasteiger partial charge in [-0.05, 0) is 37.4 Å². The molecule has 134 valence electrons. The first-order chi connectivity index (χ1) is 12.8. The van der Waals surface area contributed by atoms with Crippen LogP contribution in [0.5, 0.6) is 0 Å². The van der Waals surface area contributed by atoms with E-state index in [9.17, 15) is 0 Å². The van der Waals surface area contributed by atoms with Crippen molar-refractivity contribution < 1.29 is 0 Å². The van der Waals surface area contributed by atoms with Gasteiger partial charge in [0.05, 0.1) is 5.69 Å². The van der Waals surface area contributed by atoms with Crippen LogP contribution in [0.2, 0.25) is 0 Å². The summed E-state index contributed by atoms with van der Waals surface area (Å²) in [5, 5.41) is 0. The first-order valence-electron chi connectivity index (χ1n) is 9.63. The molecule has 4 rings (SSSR count). The van der Waals surface area contributed by atoms with E-state index < -0.39 is 0 Å². The second-order valence-electron chi connectivity index (χ2n) is 7.35. The Labute approximate surface area is 156 Å². The zero-order valence-electron chi connectivity index (χ0n) is 15.6. The third-order valence-electron chi connectivity index (χ3n) is 5.31. The van der Waals surface area contributed by atoms with Gasteiger partial charge in [-0.25, -0.2) is 4.98 Å². The zero-order chi connectivity index (χ0) is 17.8. The molecule has 3 aromatic rings. The van der Waals surface area contributed by atoms with Gasteiger partial charge in [-0.1, -0.05) is 60.2 Å². The van der Waals surface area contributed by atoms with E-state index in [1.165, 1.54) is 34.6 Å². The fraction of sp³-hybridized carbons (Fsp3) is 0.348. The van der Waals surface area contributed by atoms with Crippen LogP contribution >= 0.6 is 0 Å². The van der Waals surface area contributed by atoms with Crippen LogP contribution in [0.3, 0.4) is 0 Å². The summed E-state index contributed by atoms with van der Waals surface area (Å²) in [6, 6.07) is 19.6. The highest BCUT2D eigenvalue weighted by atomic mass is 15.2. The lowest BCUT2D eigenvalue weighted by molar-refractivity contribution is 0.217. The van der Waals surface area contributed by atoms with Gasteiger partial charge in [0.25, 0.3) is 0 Å². The summed E-state index contributed by atoms with van der Waals surface area (Å²) in [5.41, 5.74) is 5.48. The maximum atomic E-state index is 4.70. The minimum Gasteiger partial charge on any atom is -0.329 e. The first kappa shape index (κ1) is 17.0. The van der Waals surface area contributed by atoms with Gasteiger partial charge in [0, 0.05) is 32.3 Å². The maximum Gasteiger partial charge on any atom is 0.113 e. The Hall–Kier alpha value is -2.39. The Balaban J connectivity index is 1.31. The SMILES string of the molecule is Cc1ccc(CCCN2CCn3c(cnc3Cc3ccccc3)C2)cc1. The number of imidazole rings is 1. The molecule has 0 bridgehead atoms. The van der Waals surface area contributed by atoms with E-state index in [-0.39, 0.29) is 0 Å². The molecule has 2 heterocycles. The van der Waals surface area contributed by atoms with Gasteiger partial charge in [-0.15, -0.1) is 0 Å². The molecule has 1 aromatic heterocycles. The van der Waals surface area contributed by atoms with Crippen molar-refractivity contribution in [1.29, 1.82) is 0 Å². The molecule has 2 aromatic carbocycles. The van der Waals surface area contributed by atoms with E-state index in [1.54, 1.807) is 0 Å². The Bertz CT molecular complexity index is 834. The van der Waals surface area contributed by atoms with Gasteiger partial charge in [0.2, 0.25) is 0 Å². The van der Waals surface area contributed by atoms with Crippen LogP contribution in [0, 0.1) is 6.92 Å². The summed E-state index contributed by atoms with van der Waals surface area (Å²) >= 11 is 0. The van der Waals surface area contributed by atoms with Crippen LogP contribution in [0.4, 0.5) is 0 Å². The summed E-state index contributed by atoms with van der Waals surface area (Å²) < 4.78 is 2.42. The largest absolute Gasteiger partial charge is 0.329 e. The molecule has 0 atom stereocenters. The topological polar surface area (TPSA) is 21.1 Å². The first-order valence-corrected chi connectivity index (χ1v) is 9.63. The van der Waals surface area contributed by atoms with Crippen LogP contribution in [0.15, 0.2) is 60.8 Å². The van der Waals surface area contributed by atoms with Crippen molar-refractivity contribution in [2.75, 3.05) is 13.1 Å². The molecule has 1 aliphatic rings. The smallest absolute Gasteiger partial charge is 0.113 e. The van der Waals surface area contributed by atoms with Crippen LogP contribution in [-0.2, 0) is 25.9 Å². The molecule has 0 unspecified atom stereocenters. The van der Waals surface area contributed by atoms with E-state index in [1.807, 2.05) is 0 Å². The highest BCUT2D eigenvalue weighted by Gasteiger charge is 2.19.